The summed E-state index contributed by atoms with van der Waals surface area (Å²) in [4.78, 5) is 24.8. The number of carboxylic acids is 1. The number of amides is 1. The van der Waals surface area contributed by atoms with E-state index in [1.54, 1.807) is 12.1 Å². The van der Waals surface area contributed by atoms with Crippen molar-refractivity contribution in [2.45, 2.75) is 17.4 Å². The number of anilines is 1. The van der Waals surface area contributed by atoms with Crippen LogP contribution in [-0.4, -0.2) is 40.2 Å². The summed E-state index contributed by atoms with van der Waals surface area (Å²) in [5.74, 6) is -2.61. The summed E-state index contributed by atoms with van der Waals surface area (Å²) in [6.45, 7) is 0. The zero-order valence-corrected chi connectivity index (χ0v) is 23.3. The molecule has 0 unspecified atom stereocenters. The Morgan fingerprint density at radius 2 is 1.92 bits per heavy atom. The molecule has 1 aromatic heterocycles. The number of halogens is 3. The third-order valence-corrected chi connectivity index (χ3v) is 8.25. The van der Waals surface area contributed by atoms with Crippen molar-refractivity contribution in [2.75, 3.05) is 4.72 Å². The van der Waals surface area contributed by atoms with Crippen molar-refractivity contribution in [3.63, 3.8) is 0 Å². The Morgan fingerprint density at radius 3 is 2.64 bits per heavy atom. The lowest BCUT2D eigenvalue weighted by Crippen LogP contribution is -2.42. The van der Waals surface area contributed by atoms with Gasteiger partial charge in [0.2, 0.25) is 0 Å². The van der Waals surface area contributed by atoms with Crippen LogP contribution < -0.4 is 10.0 Å². The van der Waals surface area contributed by atoms with Gasteiger partial charge in [0.15, 0.2) is 0 Å². The van der Waals surface area contributed by atoms with Crippen molar-refractivity contribution >= 4 is 88.9 Å². The first-order chi connectivity index (χ1) is 17.0. The Balaban J connectivity index is 1.62. The number of carboxylic acid groups (broad SMARTS) is 1. The minimum Gasteiger partial charge on any atom is -0.480 e. The summed E-state index contributed by atoms with van der Waals surface area (Å²) in [6.07, 6.45) is -0.121. The van der Waals surface area contributed by atoms with Crippen molar-refractivity contribution in [1.82, 2.24) is 14.1 Å². The average molecular weight is 705 g/mol. The van der Waals surface area contributed by atoms with E-state index < -0.39 is 33.8 Å². The summed E-state index contributed by atoms with van der Waals surface area (Å²) in [6, 6.07) is 11.7. The zero-order chi connectivity index (χ0) is 26.0. The number of hydrogen-bond acceptors (Lipinski definition) is 7. The fourth-order valence-corrected chi connectivity index (χ4v) is 6.09. The number of carbonyl (C=O) groups is 2. The van der Waals surface area contributed by atoms with Crippen LogP contribution in [0.3, 0.4) is 0 Å². The van der Waals surface area contributed by atoms with Crippen molar-refractivity contribution in [3.8, 4) is 0 Å². The molecule has 0 saturated carbocycles. The molecule has 1 atom stereocenters. The number of benzene rings is 3. The molecule has 0 fully saturated rings. The van der Waals surface area contributed by atoms with Crippen LogP contribution in [0.4, 0.5) is 10.1 Å². The summed E-state index contributed by atoms with van der Waals surface area (Å²) in [7, 11) is -4.17. The molecule has 0 aliphatic rings. The number of sulfonamides is 1. The average Bonchev–Trinajstić information content (AvgIpc) is 3.29. The van der Waals surface area contributed by atoms with Gasteiger partial charge in [-0.1, -0.05) is 12.1 Å². The molecular weight excluding hydrogens is 690 g/mol. The number of rotatable bonds is 8. The molecule has 0 spiro atoms. The summed E-state index contributed by atoms with van der Waals surface area (Å²) >= 11 is 5.89. The van der Waals surface area contributed by atoms with Crippen LogP contribution in [0.25, 0.3) is 11.0 Å². The van der Waals surface area contributed by atoms with E-state index in [1.807, 2.05) is 22.6 Å². The number of aromatic nitrogens is 2. The minimum absolute atomic E-state index is 0.0340. The van der Waals surface area contributed by atoms with Gasteiger partial charge in [-0.2, -0.15) is 8.75 Å². The van der Waals surface area contributed by atoms with Gasteiger partial charge in [-0.15, -0.1) is 0 Å². The van der Waals surface area contributed by atoms with Gasteiger partial charge in [-0.25, -0.2) is 17.6 Å². The lowest BCUT2D eigenvalue weighted by Gasteiger charge is -2.17. The molecule has 186 valence electrons. The quantitative estimate of drug-likeness (QED) is 0.231. The normalized spacial score (nSPS) is 12.3. The maximum absolute atomic E-state index is 13.5. The largest absolute Gasteiger partial charge is 0.480 e. The second-order valence-electron chi connectivity index (χ2n) is 7.50. The third kappa shape index (κ3) is 5.82. The smallest absolute Gasteiger partial charge is 0.326 e. The number of nitrogens with zero attached hydrogens (tertiary/aromatic N) is 2. The second-order valence-corrected chi connectivity index (χ2v) is 11.8. The van der Waals surface area contributed by atoms with Gasteiger partial charge in [0.25, 0.3) is 15.9 Å². The molecule has 1 amide bonds. The van der Waals surface area contributed by atoms with Crippen molar-refractivity contribution < 1.29 is 27.5 Å². The van der Waals surface area contributed by atoms with E-state index in [9.17, 15) is 27.5 Å². The number of carbonyl (C=O) groups excluding carboxylic acids is 1. The van der Waals surface area contributed by atoms with Crippen LogP contribution in [0.1, 0.15) is 15.9 Å². The predicted octanol–water partition coefficient (Wildman–Crippen LogP) is 4.42. The molecule has 3 aromatic carbocycles. The first-order valence-corrected chi connectivity index (χ1v) is 14.1. The Bertz CT molecular complexity index is 1600. The third-order valence-electron chi connectivity index (χ3n) is 5.04. The van der Waals surface area contributed by atoms with E-state index in [-0.39, 0.29) is 32.6 Å². The molecule has 0 radical (unpaired) electrons. The lowest BCUT2D eigenvalue weighted by atomic mass is 10.0. The van der Waals surface area contributed by atoms with Gasteiger partial charge >= 0.3 is 5.97 Å². The zero-order valence-electron chi connectivity index (χ0n) is 17.9. The first-order valence-electron chi connectivity index (χ1n) is 10.1. The minimum atomic E-state index is -4.17. The standard InChI is InChI=1S/C22H15BrFIN4O5S2/c23-14-8-11(4-7-15(14)24)9-18(22(31)32)26-21(30)13-6-5-12(25)10-17(13)29-36(33,34)19-3-1-2-16-20(19)28-35-27-16/h1-8,10,18,29H,9H2,(H,26,30)(H,31,32)/t18-/m0/s1. The van der Waals surface area contributed by atoms with Crippen LogP contribution in [0.5, 0.6) is 0 Å². The fraction of sp³-hybridized carbons (Fsp3) is 0.0909. The van der Waals surface area contributed by atoms with Crippen LogP contribution in [0.2, 0.25) is 0 Å². The highest BCUT2D eigenvalue weighted by atomic mass is 127. The summed E-state index contributed by atoms with van der Waals surface area (Å²) < 4.78 is 51.2. The maximum atomic E-state index is 13.5. The Hall–Kier alpha value is -2.69. The van der Waals surface area contributed by atoms with Crippen LogP contribution in [0, 0.1) is 9.39 Å². The maximum Gasteiger partial charge on any atom is 0.326 e. The molecule has 9 nitrogen and oxygen atoms in total. The Kier molecular flexibility index (Phi) is 7.87. The van der Waals surface area contributed by atoms with Gasteiger partial charge in [-0.05, 0) is 86.5 Å². The fourth-order valence-electron chi connectivity index (χ4n) is 3.34. The summed E-state index contributed by atoms with van der Waals surface area (Å²) in [5.41, 5.74) is 0.982. The molecular formula is C22H15BrFIN4O5S2. The second kappa shape index (κ2) is 10.7. The van der Waals surface area contributed by atoms with Crippen molar-refractivity contribution in [3.05, 3.63) is 79.6 Å². The van der Waals surface area contributed by atoms with Gasteiger partial charge < -0.3 is 10.4 Å². The van der Waals surface area contributed by atoms with Gasteiger partial charge in [0.05, 0.1) is 27.5 Å². The van der Waals surface area contributed by atoms with E-state index in [2.05, 4.69) is 34.7 Å². The van der Waals surface area contributed by atoms with Gasteiger partial charge in [0.1, 0.15) is 27.8 Å². The molecule has 14 heteroatoms. The Labute approximate surface area is 230 Å². The van der Waals surface area contributed by atoms with Crippen molar-refractivity contribution in [2.24, 2.45) is 0 Å². The van der Waals surface area contributed by atoms with Crippen LogP contribution >= 0.6 is 50.2 Å². The topological polar surface area (TPSA) is 138 Å². The molecule has 0 bridgehead atoms. The van der Waals surface area contributed by atoms with Crippen molar-refractivity contribution in [1.29, 1.82) is 0 Å². The number of nitrogens with one attached hydrogen (secondary N) is 2. The van der Waals surface area contributed by atoms with E-state index in [4.69, 9.17) is 0 Å². The molecule has 36 heavy (non-hydrogen) atoms. The van der Waals surface area contributed by atoms with Crippen LogP contribution in [-0.2, 0) is 21.2 Å². The molecule has 4 aromatic rings. The summed E-state index contributed by atoms with van der Waals surface area (Å²) in [5, 5.41) is 12.1. The number of fused-ring (bicyclic) bond motifs is 1. The molecule has 0 aliphatic heterocycles. The molecule has 0 aliphatic carbocycles. The van der Waals surface area contributed by atoms with E-state index in [1.165, 1.54) is 42.5 Å². The molecule has 0 saturated heterocycles. The van der Waals surface area contributed by atoms with E-state index in [0.717, 1.165) is 11.7 Å². The lowest BCUT2D eigenvalue weighted by molar-refractivity contribution is -0.139. The highest BCUT2D eigenvalue weighted by molar-refractivity contribution is 14.1. The highest BCUT2D eigenvalue weighted by Gasteiger charge is 2.26. The van der Waals surface area contributed by atoms with E-state index >= 15 is 0 Å². The molecule has 4 rings (SSSR count). The molecule has 1 heterocycles. The number of aliphatic carboxylic acids is 1. The number of hydrogen-bond donors (Lipinski definition) is 3. The SMILES string of the molecule is O=C(N[C@@H](Cc1ccc(F)c(Br)c1)C(=O)O)c1ccc(I)cc1NS(=O)(=O)c1cccc2nsnc12. The van der Waals surface area contributed by atoms with E-state index in [0.29, 0.717) is 14.7 Å². The molecule has 3 N–H and O–H groups in total. The van der Waals surface area contributed by atoms with Gasteiger partial charge in [-0.3, -0.25) is 9.52 Å². The predicted molar refractivity (Wildman–Crippen MR) is 144 cm³/mol. The first kappa shape index (κ1) is 26.4. The monoisotopic (exact) mass is 704 g/mol. The van der Waals surface area contributed by atoms with Crippen LogP contribution in [0.15, 0.2) is 64.0 Å². The highest BCUT2D eigenvalue weighted by Crippen LogP contribution is 2.27. The van der Waals surface area contributed by atoms with Gasteiger partial charge in [0, 0.05) is 9.99 Å². The Morgan fingerprint density at radius 1 is 1.14 bits per heavy atom.